The predicted octanol–water partition coefficient (Wildman–Crippen LogP) is 5.69. The minimum atomic E-state index is -1.36. The van der Waals surface area contributed by atoms with Gasteiger partial charge in [0.05, 0.1) is 21.7 Å². The molecule has 0 spiro atoms. The number of ether oxygens (including phenoxy) is 5. The fourth-order valence-electron chi connectivity index (χ4n) is 4.68. The van der Waals surface area contributed by atoms with E-state index in [1.165, 1.54) is 6.08 Å². The second kappa shape index (κ2) is 15.3. The summed E-state index contributed by atoms with van der Waals surface area (Å²) in [6.07, 6.45) is 0.769. The maximum Gasteiger partial charge on any atom is 0.311 e. The molecule has 1 saturated heterocycles. The molecule has 0 aromatic rings. The van der Waals surface area contributed by atoms with Gasteiger partial charge in [-0.1, -0.05) is 6.08 Å². The molecule has 2 rings (SSSR count). The molecule has 2 aliphatic rings. The predicted molar refractivity (Wildman–Crippen MR) is 176 cm³/mol. The lowest BCUT2D eigenvalue weighted by Crippen LogP contribution is -2.67. The number of allylic oxidation sites excluding steroid dienone is 2. The Kier molecular flexibility index (Phi) is 13.0. The highest BCUT2D eigenvalue weighted by molar-refractivity contribution is 5.90. The van der Waals surface area contributed by atoms with Gasteiger partial charge in [0.15, 0.2) is 30.3 Å². The number of unbranched alkanes of at least 4 members (excludes halogenated alkanes) is 1. The summed E-state index contributed by atoms with van der Waals surface area (Å²) >= 11 is 0. The molecule has 0 unspecified atom stereocenters. The van der Waals surface area contributed by atoms with Gasteiger partial charge in [-0.3, -0.25) is 24.0 Å². The zero-order valence-electron chi connectivity index (χ0n) is 30.5. The maximum absolute atomic E-state index is 13.5. The van der Waals surface area contributed by atoms with Crippen molar-refractivity contribution in [2.45, 2.75) is 145 Å². The molecule has 0 bridgehead atoms. The van der Waals surface area contributed by atoms with E-state index in [9.17, 15) is 24.0 Å². The number of hydrogen-bond acceptors (Lipinski definition) is 11. The molecule has 0 saturated carbocycles. The lowest BCUT2D eigenvalue weighted by Gasteiger charge is -2.50. The number of hydrogen-bond donors (Lipinski definition) is 0. The molecule has 2 heterocycles. The number of esters is 4. The van der Waals surface area contributed by atoms with E-state index in [1.807, 2.05) is 0 Å². The summed E-state index contributed by atoms with van der Waals surface area (Å²) in [5.41, 5.74) is -3.76. The zero-order valence-corrected chi connectivity index (χ0v) is 30.5. The van der Waals surface area contributed by atoms with E-state index in [1.54, 1.807) is 100 Å². The number of nitrogens with zero attached hydrogens (tertiary/aromatic N) is 1. The van der Waals surface area contributed by atoms with Crippen LogP contribution in [0.1, 0.15) is 109 Å². The van der Waals surface area contributed by atoms with Gasteiger partial charge in [-0.05, 0) is 108 Å². The first kappa shape index (κ1) is 40.0. The van der Waals surface area contributed by atoms with Gasteiger partial charge in [-0.15, -0.1) is 6.58 Å². The Balaban J connectivity index is 2.81. The number of rotatable bonds is 10. The molecule has 0 amide bonds. The van der Waals surface area contributed by atoms with Crippen molar-refractivity contribution in [2.24, 2.45) is 21.7 Å². The van der Waals surface area contributed by atoms with Crippen molar-refractivity contribution in [3.63, 3.8) is 0 Å². The first-order chi connectivity index (χ1) is 21.4. The molecular weight excluding hydrogens is 606 g/mol. The van der Waals surface area contributed by atoms with Crippen LogP contribution in [0.4, 0.5) is 0 Å². The van der Waals surface area contributed by atoms with E-state index in [-0.39, 0.29) is 24.9 Å². The highest BCUT2D eigenvalue weighted by Gasteiger charge is 2.56. The zero-order chi connectivity index (χ0) is 36.1. The fourth-order valence-corrected chi connectivity index (χ4v) is 4.68. The van der Waals surface area contributed by atoms with Crippen LogP contribution in [0.2, 0.25) is 0 Å². The lowest BCUT2D eigenvalue weighted by molar-refractivity contribution is -0.283. The summed E-state index contributed by atoms with van der Waals surface area (Å²) < 4.78 is 30.7. The average molecular weight is 664 g/mol. The normalized spacial score (nSPS) is 25.5. The van der Waals surface area contributed by atoms with E-state index >= 15 is 0 Å². The Hall–Kier alpha value is -3.21. The third-order valence-corrected chi connectivity index (χ3v) is 7.70. The SMILES string of the molecule is C=CCCC[C@@H]1CC(=O)C=CN1[C@@H]1O[C@H](COC(=O)C(C)(C)C)[C@H](OC(=O)C(C)(C)C)[C@H](OC(=O)C(C)(C)C)[C@H]1OC(=O)C(C)(C)C. The van der Waals surface area contributed by atoms with E-state index in [0.29, 0.717) is 6.42 Å². The quantitative estimate of drug-likeness (QED) is 0.124. The largest absolute Gasteiger partial charge is 0.462 e. The average Bonchev–Trinajstić information content (AvgIpc) is 2.92. The summed E-state index contributed by atoms with van der Waals surface area (Å²) in [5, 5.41) is 0. The molecule has 0 aliphatic carbocycles. The van der Waals surface area contributed by atoms with Crippen molar-refractivity contribution in [3.05, 3.63) is 24.9 Å². The van der Waals surface area contributed by atoms with Gasteiger partial charge < -0.3 is 28.6 Å². The molecule has 6 atom stereocenters. The number of carbonyl (C=O) groups excluding carboxylic acids is 5. The van der Waals surface area contributed by atoms with Crippen LogP contribution >= 0.6 is 0 Å². The second-order valence-electron chi connectivity index (χ2n) is 16.6. The van der Waals surface area contributed by atoms with Crippen LogP contribution < -0.4 is 0 Å². The van der Waals surface area contributed by atoms with Crippen LogP contribution in [0, 0.1) is 21.7 Å². The summed E-state index contributed by atoms with van der Waals surface area (Å²) in [5.74, 6) is -2.46. The van der Waals surface area contributed by atoms with Crippen LogP contribution in [-0.4, -0.2) is 77.9 Å². The van der Waals surface area contributed by atoms with Crippen molar-refractivity contribution >= 4 is 29.7 Å². The summed E-state index contributed by atoms with van der Waals surface area (Å²) in [6, 6.07) is -0.362. The molecule has 0 radical (unpaired) electrons. The van der Waals surface area contributed by atoms with E-state index in [2.05, 4.69) is 6.58 Å². The van der Waals surface area contributed by atoms with Gasteiger partial charge in [-0.25, -0.2) is 0 Å². The Morgan fingerprint density at radius 2 is 1.26 bits per heavy atom. The molecule has 47 heavy (non-hydrogen) atoms. The highest BCUT2D eigenvalue weighted by Crippen LogP contribution is 2.37. The van der Waals surface area contributed by atoms with Crippen molar-refractivity contribution in [2.75, 3.05) is 6.61 Å². The van der Waals surface area contributed by atoms with Crippen molar-refractivity contribution in [3.8, 4) is 0 Å². The Labute approximate surface area is 280 Å². The molecule has 0 aromatic heterocycles. The number of ketones is 1. The molecular formula is C36H57NO10. The van der Waals surface area contributed by atoms with Crippen LogP contribution in [0.5, 0.6) is 0 Å². The second-order valence-corrected chi connectivity index (χ2v) is 16.6. The van der Waals surface area contributed by atoms with Gasteiger partial charge >= 0.3 is 23.9 Å². The minimum Gasteiger partial charge on any atom is -0.462 e. The molecule has 0 N–H and O–H groups in total. The highest BCUT2D eigenvalue weighted by atomic mass is 16.7. The monoisotopic (exact) mass is 663 g/mol. The standard InChI is InChI=1S/C36H57NO10/c1-14-15-16-17-22-20-23(38)18-19-37(22)28-27(47-32(42)36(11,12)13)26(46-31(41)35(8,9)10)25(45-30(40)34(5,6)7)24(44-28)21-43-29(39)33(2,3)4/h14,18-19,22,24-28H,1,15-17,20-21H2,2-13H3/t22-,24-,25+,26+,27-,28-/m1/s1. The smallest absolute Gasteiger partial charge is 0.311 e. The fraction of sp³-hybridized carbons (Fsp3) is 0.750. The Morgan fingerprint density at radius 3 is 1.72 bits per heavy atom. The molecule has 0 aromatic carbocycles. The molecule has 11 heteroatoms. The van der Waals surface area contributed by atoms with Crippen LogP contribution in [0.25, 0.3) is 0 Å². The van der Waals surface area contributed by atoms with Gasteiger partial charge in [0, 0.05) is 18.7 Å². The topological polar surface area (TPSA) is 135 Å². The lowest BCUT2D eigenvalue weighted by atomic mass is 9.91. The Morgan fingerprint density at radius 1 is 0.787 bits per heavy atom. The van der Waals surface area contributed by atoms with Gasteiger partial charge in [-0.2, -0.15) is 0 Å². The number of carbonyl (C=O) groups is 5. The van der Waals surface area contributed by atoms with Gasteiger partial charge in [0.1, 0.15) is 12.7 Å². The van der Waals surface area contributed by atoms with E-state index in [4.69, 9.17) is 23.7 Å². The van der Waals surface area contributed by atoms with Gasteiger partial charge in [0.2, 0.25) is 0 Å². The maximum atomic E-state index is 13.5. The van der Waals surface area contributed by atoms with Crippen molar-refractivity contribution in [1.82, 2.24) is 4.90 Å². The molecule has 11 nitrogen and oxygen atoms in total. The van der Waals surface area contributed by atoms with Crippen molar-refractivity contribution < 1.29 is 47.7 Å². The van der Waals surface area contributed by atoms with Crippen LogP contribution in [0.15, 0.2) is 24.9 Å². The van der Waals surface area contributed by atoms with E-state index < -0.39 is 76.2 Å². The van der Waals surface area contributed by atoms with Crippen molar-refractivity contribution in [1.29, 1.82) is 0 Å². The van der Waals surface area contributed by atoms with E-state index in [0.717, 1.165) is 12.8 Å². The minimum absolute atomic E-state index is 0.0766. The third-order valence-electron chi connectivity index (χ3n) is 7.70. The van der Waals surface area contributed by atoms with Gasteiger partial charge in [0.25, 0.3) is 0 Å². The summed E-state index contributed by atoms with van der Waals surface area (Å²) in [7, 11) is 0. The Bertz CT molecular complexity index is 1190. The first-order valence-electron chi connectivity index (χ1n) is 16.4. The third kappa shape index (κ3) is 11.2. The molecule has 266 valence electrons. The first-order valence-corrected chi connectivity index (χ1v) is 16.4. The summed E-state index contributed by atoms with van der Waals surface area (Å²) in [4.78, 5) is 67.8. The molecule has 1 fully saturated rings. The molecule has 2 aliphatic heterocycles. The van der Waals surface area contributed by atoms with Crippen LogP contribution in [0.3, 0.4) is 0 Å². The van der Waals surface area contributed by atoms with Crippen LogP contribution in [-0.2, 0) is 47.7 Å². The summed E-state index contributed by atoms with van der Waals surface area (Å²) in [6.45, 7) is 23.7.